The number of amides is 2. The van der Waals surface area contributed by atoms with Crippen LogP contribution >= 0.6 is 35.6 Å². The Morgan fingerprint density at radius 2 is 2.04 bits per heavy atom. The summed E-state index contributed by atoms with van der Waals surface area (Å²) in [6, 6.07) is 5.05. The molecule has 0 bridgehead atoms. The number of nitrogens with zero attached hydrogens (tertiary/aromatic N) is 1. The fourth-order valence-electron chi connectivity index (χ4n) is 2.69. The molecule has 8 heteroatoms. The molecule has 2 saturated heterocycles. The van der Waals surface area contributed by atoms with E-state index >= 15 is 0 Å². The van der Waals surface area contributed by atoms with Crippen LogP contribution < -0.4 is 15.5 Å². The number of anilines is 1. The molecule has 0 saturated carbocycles. The summed E-state index contributed by atoms with van der Waals surface area (Å²) in [6.07, 6.45) is 0.522. The Morgan fingerprint density at radius 3 is 2.65 bits per heavy atom. The molecule has 2 N–H and O–H groups in total. The SMILES string of the molecule is Cl.O=C(NCC1CNC1)C1CCN(c2ccc(Cl)c(Cl)c2)C1=O. The standard InChI is InChI=1S/C15H17Cl2N3O2.ClH/c16-12-2-1-10(5-13(12)17)20-4-3-11(15(20)22)14(21)19-8-9-6-18-7-9;/h1-2,5,9,11,18H,3-4,6-8H2,(H,19,21);1H. The van der Waals surface area contributed by atoms with Crippen molar-refractivity contribution in [2.45, 2.75) is 6.42 Å². The summed E-state index contributed by atoms with van der Waals surface area (Å²) in [5.41, 5.74) is 0.679. The minimum Gasteiger partial charge on any atom is -0.355 e. The van der Waals surface area contributed by atoms with Crippen molar-refractivity contribution < 1.29 is 9.59 Å². The molecule has 1 aromatic rings. The number of carbonyl (C=O) groups excluding carboxylic acids is 2. The summed E-state index contributed by atoms with van der Waals surface area (Å²) in [6.45, 7) is 2.99. The third kappa shape index (κ3) is 3.91. The number of halogens is 3. The predicted octanol–water partition coefficient (Wildman–Crippen LogP) is 2.10. The Kier molecular flexibility index (Phi) is 6.14. The zero-order valence-electron chi connectivity index (χ0n) is 12.4. The van der Waals surface area contributed by atoms with Gasteiger partial charge in [-0.1, -0.05) is 23.2 Å². The lowest BCUT2D eigenvalue weighted by Gasteiger charge is -2.27. The lowest BCUT2D eigenvalue weighted by molar-refractivity contribution is -0.132. The van der Waals surface area contributed by atoms with Crippen molar-refractivity contribution >= 4 is 53.1 Å². The van der Waals surface area contributed by atoms with Crippen LogP contribution in [0, 0.1) is 11.8 Å². The molecule has 0 radical (unpaired) electrons. The highest BCUT2D eigenvalue weighted by Crippen LogP contribution is 2.31. The van der Waals surface area contributed by atoms with Crippen LogP contribution in [0.25, 0.3) is 0 Å². The van der Waals surface area contributed by atoms with Gasteiger partial charge in [-0.15, -0.1) is 12.4 Å². The van der Waals surface area contributed by atoms with E-state index in [1.54, 1.807) is 23.1 Å². The fraction of sp³-hybridized carbons (Fsp3) is 0.467. The molecular formula is C15H18Cl3N3O2. The molecule has 3 rings (SSSR count). The van der Waals surface area contributed by atoms with Gasteiger partial charge in [0.05, 0.1) is 10.0 Å². The minimum absolute atomic E-state index is 0. The van der Waals surface area contributed by atoms with Gasteiger partial charge in [0.2, 0.25) is 11.8 Å². The van der Waals surface area contributed by atoms with Crippen LogP contribution in [0.15, 0.2) is 18.2 Å². The van der Waals surface area contributed by atoms with Crippen LogP contribution in [0.4, 0.5) is 5.69 Å². The Labute approximate surface area is 151 Å². The van der Waals surface area contributed by atoms with E-state index < -0.39 is 5.92 Å². The van der Waals surface area contributed by atoms with Gasteiger partial charge >= 0.3 is 0 Å². The van der Waals surface area contributed by atoms with Gasteiger partial charge in [0.25, 0.3) is 0 Å². The molecule has 0 aromatic heterocycles. The Morgan fingerprint density at radius 1 is 1.30 bits per heavy atom. The number of rotatable bonds is 4. The molecule has 2 amide bonds. The van der Waals surface area contributed by atoms with Crippen LogP contribution in [0.3, 0.4) is 0 Å². The molecule has 2 aliphatic heterocycles. The maximum absolute atomic E-state index is 12.4. The van der Waals surface area contributed by atoms with Gasteiger partial charge in [-0.05, 0) is 24.6 Å². The molecule has 2 heterocycles. The third-order valence-electron chi connectivity index (χ3n) is 4.17. The van der Waals surface area contributed by atoms with E-state index in [4.69, 9.17) is 23.2 Å². The Hall–Kier alpha value is -1.01. The summed E-state index contributed by atoms with van der Waals surface area (Å²) in [5.74, 6) is -0.490. The molecule has 0 spiro atoms. The van der Waals surface area contributed by atoms with E-state index in [0.29, 0.717) is 41.2 Å². The monoisotopic (exact) mass is 377 g/mol. The largest absolute Gasteiger partial charge is 0.355 e. The lowest BCUT2D eigenvalue weighted by atomic mass is 10.0. The van der Waals surface area contributed by atoms with Crippen molar-refractivity contribution in [3.8, 4) is 0 Å². The molecule has 2 fully saturated rings. The molecule has 1 aromatic carbocycles. The average molecular weight is 379 g/mol. The van der Waals surface area contributed by atoms with Gasteiger partial charge in [0.15, 0.2) is 0 Å². The predicted molar refractivity (Wildman–Crippen MR) is 93.5 cm³/mol. The first-order valence-corrected chi connectivity index (χ1v) is 8.06. The van der Waals surface area contributed by atoms with E-state index in [1.165, 1.54) is 0 Å². The van der Waals surface area contributed by atoms with Gasteiger partial charge < -0.3 is 15.5 Å². The minimum atomic E-state index is -0.609. The van der Waals surface area contributed by atoms with E-state index in [1.807, 2.05) is 0 Å². The van der Waals surface area contributed by atoms with Gasteiger partial charge in [-0.25, -0.2) is 0 Å². The quantitative estimate of drug-likeness (QED) is 0.789. The van der Waals surface area contributed by atoms with E-state index in [-0.39, 0.29) is 24.2 Å². The van der Waals surface area contributed by atoms with Crippen LogP contribution in [0.2, 0.25) is 10.0 Å². The summed E-state index contributed by atoms with van der Waals surface area (Å²) in [7, 11) is 0. The molecule has 126 valence electrons. The second-order valence-corrected chi connectivity index (χ2v) is 6.51. The summed E-state index contributed by atoms with van der Waals surface area (Å²) in [4.78, 5) is 26.2. The molecule has 2 aliphatic rings. The van der Waals surface area contributed by atoms with Crippen molar-refractivity contribution in [3.63, 3.8) is 0 Å². The van der Waals surface area contributed by atoms with Crippen molar-refractivity contribution in [2.24, 2.45) is 11.8 Å². The first-order valence-electron chi connectivity index (χ1n) is 7.31. The summed E-state index contributed by atoms with van der Waals surface area (Å²) >= 11 is 11.9. The molecular weight excluding hydrogens is 361 g/mol. The topological polar surface area (TPSA) is 61.4 Å². The van der Waals surface area contributed by atoms with E-state index in [2.05, 4.69) is 10.6 Å². The maximum Gasteiger partial charge on any atom is 0.239 e. The van der Waals surface area contributed by atoms with Crippen LogP contribution in [0.1, 0.15) is 6.42 Å². The first kappa shape index (κ1) is 18.3. The average Bonchev–Trinajstić information content (AvgIpc) is 2.82. The number of hydrogen-bond donors (Lipinski definition) is 2. The van der Waals surface area contributed by atoms with Crippen molar-refractivity contribution in [3.05, 3.63) is 28.2 Å². The Balaban J connectivity index is 0.00000192. The highest BCUT2D eigenvalue weighted by molar-refractivity contribution is 6.42. The van der Waals surface area contributed by atoms with Crippen LogP contribution in [-0.2, 0) is 9.59 Å². The molecule has 0 aliphatic carbocycles. The van der Waals surface area contributed by atoms with E-state index in [9.17, 15) is 9.59 Å². The molecule has 23 heavy (non-hydrogen) atoms. The third-order valence-corrected chi connectivity index (χ3v) is 4.91. The second-order valence-electron chi connectivity index (χ2n) is 5.70. The fourth-order valence-corrected chi connectivity index (χ4v) is 2.99. The van der Waals surface area contributed by atoms with E-state index in [0.717, 1.165) is 13.1 Å². The highest BCUT2D eigenvalue weighted by Gasteiger charge is 2.37. The van der Waals surface area contributed by atoms with Crippen molar-refractivity contribution in [2.75, 3.05) is 31.1 Å². The molecule has 1 atom stereocenters. The molecule has 1 unspecified atom stereocenters. The van der Waals surface area contributed by atoms with Crippen molar-refractivity contribution in [1.29, 1.82) is 0 Å². The van der Waals surface area contributed by atoms with Crippen LogP contribution in [0.5, 0.6) is 0 Å². The lowest BCUT2D eigenvalue weighted by Crippen LogP contribution is -2.49. The van der Waals surface area contributed by atoms with Crippen LogP contribution in [-0.4, -0.2) is 38.0 Å². The zero-order chi connectivity index (χ0) is 15.7. The number of benzene rings is 1. The zero-order valence-corrected chi connectivity index (χ0v) is 14.7. The number of hydrogen-bond acceptors (Lipinski definition) is 3. The van der Waals surface area contributed by atoms with Gasteiger partial charge in [-0.2, -0.15) is 0 Å². The first-order chi connectivity index (χ1) is 10.6. The summed E-state index contributed by atoms with van der Waals surface area (Å²) < 4.78 is 0. The van der Waals surface area contributed by atoms with Crippen molar-refractivity contribution in [1.82, 2.24) is 10.6 Å². The maximum atomic E-state index is 12.4. The second kappa shape index (κ2) is 7.71. The number of carbonyl (C=O) groups is 2. The summed E-state index contributed by atoms with van der Waals surface area (Å²) in [5, 5.41) is 6.87. The normalized spacial score (nSPS) is 20.9. The highest BCUT2D eigenvalue weighted by atomic mass is 35.5. The number of nitrogens with one attached hydrogen (secondary N) is 2. The Bertz CT molecular complexity index is 608. The van der Waals surface area contributed by atoms with Gasteiger partial charge in [0.1, 0.15) is 5.92 Å². The van der Waals surface area contributed by atoms with Gasteiger partial charge in [0, 0.05) is 37.8 Å². The smallest absolute Gasteiger partial charge is 0.239 e. The van der Waals surface area contributed by atoms with Gasteiger partial charge in [-0.3, -0.25) is 9.59 Å². The molecule has 5 nitrogen and oxygen atoms in total.